The summed E-state index contributed by atoms with van der Waals surface area (Å²) in [7, 11) is 0. The molecule has 0 aliphatic heterocycles. The third kappa shape index (κ3) is 3.42. The lowest BCUT2D eigenvalue weighted by Gasteiger charge is -2.26. The van der Waals surface area contributed by atoms with E-state index in [1.54, 1.807) is 0 Å². The number of pyridine rings is 1. The minimum absolute atomic E-state index is 0.00125. The molecule has 2 aromatic heterocycles. The Hall–Kier alpha value is -2.80. The topological polar surface area (TPSA) is 80.0 Å². The molecule has 1 aromatic carbocycles. The molecule has 6 nitrogen and oxygen atoms in total. The molecule has 4 rings (SSSR count). The summed E-state index contributed by atoms with van der Waals surface area (Å²) < 4.78 is 16.2. The maximum atomic E-state index is 14.7. The van der Waals surface area contributed by atoms with E-state index < -0.39 is 5.82 Å². The van der Waals surface area contributed by atoms with Gasteiger partial charge in [0.1, 0.15) is 0 Å². The van der Waals surface area contributed by atoms with Crippen LogP contribution in [0.4, 0.5) is 4.39 Å². The third-order valence-electron chi connectivity index (χ3n) is 5.09. The number of halogens is 1. The molecule has 2 N–H and O–H groups in total. The van der Waals surface area contributed by atoms with Crippen molar-refractivity contribution in [1.29, 1.82) is 0 Å². The number of rotatable bonds is 3. The van der Waals surface area contributed by atoms with Crippen LogP contribution in [0.5, 0.6) is 0 Å². The fourth-order valence-corrected chi connectivity index (χ4v) is 3.58. The van der Waals surface area contributed by atoms with E-state index >= 15 is 0 Å². The Bertz CT molecular complexity index is 993. The fourth-order valence-electron chi connectivity index (χ4n) is 3.58. The molecule has 3 aromatic rings. The monoisotopic (exact) mass is 368 g/mol. The van der Waals surface area contributed by atoms with Gasteiger partial charge in [0, 0.05) is 17.6 Å². The van der Waals surface area contributed by atoms with Crippen LogP contribution in [0.3, 0.4) is 0 Å². The fraction of sp³-hybridized carbons (Fsp3) is 0.350. The summed E-state index contributed by atoms with van der Waals surface area (Å²) in [5.74, 6) is -0.887. The number of para-hydroxylation sites is 1. The van der Waals surface area contributed by atoms with Crippen LogP contribution < -0.4 is 5.32 Å². The van der Waals surface area contributed by atoms with Crippen LogP contribution in [0.25, 0.3) is 16.7 Å². The van der Waals surface area contributed by atoms with Gasteiger partial charge >= 0.3 is 0 Å². The van der Waals surface area contributed by atoms with Crippen molar-refractivity contribution >= 4 is 16.8 Å². The Morgan fingerprint density at radius 3 is 2.74 bits per heavy atom. The van der Waals surface area contributed by atoms with Gasteiger partial charge in [-0.3, -0.25) is 4.79 Å². The largest absolute Gasteiger partial charge is 0.393 e. The highest BCUT2D eigenvalue weighted by Crippen LogP contribution is 2.23. The molecule has 140 valence electrons. The zero-order valence-electron chi connectivity index (χ0n) is 15.0. The Morgan fingerprint density at radius 1 is 1.26 bits per heavy atom. The lowest BCUT2D eigenvalue weighted by molar-refractivity contribution is 0.0867. The number of nitrogens with zero attached hydrogens (tertiary/aromatic N) is 3. The summed E-state index contributed by atoms with van der Waals surface area (Å²) >= 11 is 0. The van der Waals surface area contributed by atoms with E-state index in [1.807, 2.05) is 31.2 Å². The van der Waals surface area contributed by atoms with Crippen LogP contribution in [0.2, 0.25) is 0 Å². The molecule has 1 saturated carbocycles. The zero-order chi connectivity index (χ0) is 19.0. The highest BCUT2D eigenvalue weighted by atomic mass is 19.1. The Morgan fingerprint density at radius 2 is 2.00 bits per heavy atom. The molecule has 7 heteroatoms. The summed E-state index contributed by atoms with van der Waals surface area (Å²) in [6.45, 7) is 1.86. The van der Waals surface area contributed by atoms with Crippen LogP contribution in [-0.2, 0) is 0 Å². The number of benzene rings is 1. The molecule has 1 aliphatic rings. The smallest absolute Gasteiger partial charge is 0.253 e. The van der Waals surface area contributed by atoms with E-state index in [-0.39, 0.29) is 29.4 Å². The van der Waals surface area contributed by atoms with Gasteiger partial charge in [-0.25, -0.2) is 14.1 Å². The number of aliphatic hydroxyl groups is 1. The minimum atomic E-state index is -0.602. The van der Waals surface area contributed by atoms with Gasteiger partial charge in [-0.2, -0.15) is 5.10 Å². The van der Waals surface area contributed by atoms with Crippen molar-refractivity contribution in [1.82, 2.24) is 20.1 Å². The van der Waals surface area contributed by atoms with Gasteiger partial charge in [-0.1, -0.05) is 18.2 Å². The number of carbonyl (C=O) groups is 1. The molecule has 0 bridgehead atoms. The molecule has 27 heavy (non-hydrogen) atoms. The van der Waals surface area contributed by atoms with E-state index in [2.05, 4.69) is 15.4 Å². The second kappa shape index (κ2) is 7.08. The molecule has 0 atom stereocenters. The average molecular weight is 368 g/mol. The molecule has 0 spiro atoms. The van der Waals surface area contributed by atoms with E-state index in [1.165, 1.54) is 16.9 Å². The maximum Gasteiger partial charge on any atom is 0.253 e. The lowest BCUT2D eigenvalue weighted by atomic mass is 9.93. The summed E-state index contributed by atoms with van der Waals surface area (Å²) in [5.41, 5.74) is 1.73. The third-order valence-corrected chi connectivity index (χ3v) is 5.09. The van der Waals surface area contributed by atoms with Crippen molar-refractivity contribution in [3.05, 3.63) is 53.6 Å². The second-order valence-electron chi connectivity index (χ2n) is 7.02. The zero-order valence-corrected chi connectivity index (χ0v) is 15.0. The Balaban J connectivity index is 1.58. The van der Waals surface area contributed by atoms with Crippen LogP contribution in [-0.4, -0.2) is 37.9 Å². The van der Waals surface area contributed by atoms with Gasteiger partial charge in [0.05, 0.1) is 22.9 Å². The van der Waals surface area contributed by atoms with E-state index in [0.29, 0.717) is 12.8 Å². The number of nitrogens with one attached hydrogen (secondary N) is 1. The van der Waals surface area contributed by atoms with Crippen LogP contribution in [0, 0.1) is 12.7 Å². The van der Waals surface area contributed by atoms with Gasteiger partial charge in [0.15, 0.2) is 11.6 Å². The van der Waals surface area contributed by atoms with Crippen molar-refractivity contribution < 1.29 is 14.3 Å². The molecule has 0 saturated heterocycles. The Kier molecular flexibility index (Phi) is 4.61. The summed E-state index contributed by atoms with van der Waals surface area (Å²) in [6.07, 6.45) is 3.87. The molecule has 0 radical (unpaired) electrons. The first-order chi connectivity index (χ1) is 13.0. The van der Waals surface area contributed by atoms with Crippen molar-refractivity contribution in [3.63, 3.8) is 0 Å². The van der Waals surface area contributed by atoms with Crippen LogP contribution >= 0.6 is 0 Å². The van der Waals surface area contributed by atoms with Crippen LogP contribution in [0.1, 0.15) is 41.7 Å². The molecule has 1 fully saturated rings. The summed E-state index contributed by atoms with van der Waals surface area (Å²) in [5, 5.41) is 17.8. The van der Waals surface area contributed by atoms with Gasteiger partial charge < -0.3 is 10.4 Å². The summed E-state index contributed by atoms with van der Waals surface area (Å²) in [6, 6.07) is 8.75. The molecular formula is C20H21FN4O2. The van der Waals surface area contributed by atoms with E-state index in [0.717, 1.165) is 29.4 Å². The van der Waals surface area contributed by atoms with Gasteiger partial charge in [-0.15, -0.1) is 0 Å². The second-order valence-corrected chi connectivity index (χ2v) is 7.02. The average Bonchev–Trinajstić information content (AvgIpc) is 3.00. The molecule has 1 aliphatic carbocycles. The first kappa shape index (κ1) is 17.6. The first-order valence-corrected chi connectivity index (χ1v) is 9.12. The van der Waals surface area contributed by atoms with E-state index in [9.17, 15) is 14.3 Å². The molecular weight excluding hydrogens is 347 g/mol. The number of aryl methyl sites for hydroxylation is 1. The maximum absolute atomic E-state index is 14.7. The van der Waals surface area contributed by atoms with Crippen molar-refractivity contribution in [2.75, 3.05) is 0 Å². The standard InChI is InChI=1S/C20H21FN4O2/c1-12-16-4-2-3-5-18(16)25(24-12)19-17(21)10-13(11-22-19)20(27)23-14-6-8-15(26)9-7-14/h2-5,10-11,14-15,26H,6-9H2,1H3,(H,23,27). The van der Waals surface area contributed by atoms with Crippen LogP contribution in [0.15, 0.2) is 36.5 Å². The number of aliphatic hydroxyl groups excluding tert-OH is 1. The number of amides is 1. The van der Waals surface area contributed by atoms with Gasteiger partial charge in [-0.05, 0) is 44.7 Å². The SMILES string of the molecule is Cc1nn(-c2ncc(C(=O)NC3CCC(O)CC3)cc2F)c2ccccc12. The number of carbonyl (C=O) groups excluding carboxylic acids is 1. The molecule has 1 amide bonds. The summed E-state index contributed by atoms with van der Waals surface area (Å²) in [4.78, 5) is 16.6. The van der Waals surface area contributed by atoms with Gasteiger partial charge in [0.25, 0.3) is 5.91 Å². The van der Waals surface area contributed by atoms with E-state index in [4.69, 9.17) is 0 Å². The van der Waals surface area contributed by atoms with Crippen molar-refractivity contribution in [2.45, 2.75) is 44.8 Å². The normalized spacial score (nSPS) is 20.0. The van der Waals surface area contributed by atoms with Crippen molar-refractivity contribution in [2.24, 2.45) is 0 Å². The Labute approximate surface area is 156 Å². The number of hydrogen-bond donors (Lipinski definition) is 2. The highest BCUT2D eigenvalue weighted by molar-refractivity contribution is 5.94. The number of hydrogen-bond acceptors (Lipinski definition) is 4. The van der Waals surface area contributed by atoms with Gasteiger partial charge in [0.2, 0.25) is 0 Å². The predicted molar refractivity (Wildman–Crippen MR) is 99.3 cm³/mol. The lowest BCUT2D eigenvalue weighted by Crippen LogP contribution is -2.38. The first-order valence-electron chi connectivity index (χ1n) is 9.12. The minimum Gasteiger partial charge on any atom is -0.393 e. The predicted octanol–water partition coefficient (Wildman–Crippen LogP) is 2.90. The number of aromatic nitrogens is 3. The molecule has 2 heterocycles. The quantitative estimate of drug-likeness (QED) is 0.745. The highest BCUT2D eigenvalue weighted by Gasteiger charge is 2.22. The van der Waals surface area contributed by atoms with Crippen molar-refractivity contribution in [3.8, 4) is 5.82 Å². The number of fused-ring (bicyclic) bond motifs is 1. The molecule has 0 unspecified atom stereocenters.